The van der Waals surface area contributed by atoms with Crippen LogP contribution in [-0.4, -0.2) is 28.5 Å². The van der Waals surface area contributed by atoms with Gasteiger partial charge in [-0.1, -0.05) is 57.2 Å². The fraction of sp³-hybridized carbons (Fsp3) is 0.185. The van der Waals surface area contributed by atoms with E-state index in [0.717, 1.165) is 5.56 Å². The van der Waals surface area contributed by atoms with E-state index in [0.29, 0.717) is 11.4 Å². The van der Waals surface area contributed by atoms with Gasteiger partial charge in [-0.05, 0) is 42.0 Å². The van der Waals surface area contributed by atoms with E-state index in [1.165, 1.54) is 23.1 Å². The molecule has 0 spiro atoms. The highest BCUT2D eigenvalue weighted by molar-refractivity contribution is 6.22. The molecule has 0 saturated heterocycles. The van der Waals surface area contributed by atoms with E-state index in [9.17, 15) is 19.2 Å². The molecule has 4 rings (SSSR count). The van der Waals surface area contributed by atoms with Crippen molar-refractivity contribution < 1.29 is 19.2 Å². The van der Waals surface area contributed by atoms with Gasteiger partial charge < -0.3 is 10.6 Å². The second-order valence-electron chi connectivity index (χ2n) is 9.18. The molecule has 34 heavy (non-hydrogen) atoms. The maximum Gasteiger partial charge on any atom is 0.261 e. The molecule has 0 unspecified atom stereocenters. The van der Waals surface area contributed by atoms with E-state index in [-0.39, 0.29) is 35.0 Å². The second kappa shape index (κ2) is 8.94. The average Bonchev–Trinajstić information content (AvgIpc) is 3.03. The molecule has 0 saturated carbocycles. The number of hydrogen-bond donors (Lipinski definition) is 2. The van der Waals surface area contributed by atoms with Crippen molar-refractivity contribution in [3.05, 3.63) is 95.1 Å². The molecule has 0 radical (unpaired) electrons. The van der Waals surface area contributed by atoms with Crippen LogP contribution in [0.3, 0.4) is 0 Å². The zero-order valence-electron chi connectivity index (χ0n) is 19.2. The number of fused-ring (bicyclic) bond motifs is 1. The van der Waals surface area contributed by atoms with Crippen molar-refractivity contribution in [3.63, 3.8) is 0 Å². The molecule has 0 atom stereocenters. The summed E-state index contributed by atoms with van der Waals surface area (Å²) in [5, 5.41) is 5.61. The predicted molar refractivity (Wildman–Crippen MR) is 130 cm³/mol. The van der Waals surface area contributed by atoms with Crippen LogP contribution in [0.5, 0.6) is 0 Å². The van der Waals surface area contributed by atoms with Crippen LogP contribution in [-0.2, 0) is 11.3 Å². The minimum atomic E-state index is -0.554. The lowest BCUT2D eigenvalue weighted by molar-refractivity contribution is -0.123. The Labute approximate surface area is 197 Å². The van der Waals surface area contributed by atoms with Crippen molar-refractivity contribution >= 4 is 35.0 Å². The Morgan fingerprint density at radius 2 is 1.41 bits per heavy atom. The third-order valence-electron chi connectivity index (χ3n) is 5.48. The van der Waals surface area contributed by atoms with Gasteiger partial charge in [0.15, 0.2) is 0 Å². The van der Waals surface area contributed by atoms with Crippen LogP contribution in [0, 0.1) is 5.41 Å². The summed E-state index contributed by atoms with van der Waals surface area (Å²) in [6, 6.07) is 20.6. The van der Waals surface area contributed by atoms with Crippen LogP contribution in [0.2, 0.25) is 0 Å². The first-order valence-corrected chi connectivity index (χ1v) is 10.9. The number of carbonyl (C=O) groups is 4. The van der Waals surface area contributed by atoms with Crippen LogP contribution in [0.4, 0.5) is 11.4 Å². The second-order valence-corrected chi connectivity index (χ2v) is 9.18. The van der Waals surface area contributed by atoms with Gasteiger partial charge >= 0.3 is 0 Å². The molecule has 3 aromatic rings. The Balaban J connectivity index is 1.50. The summed E-state index contributed by atoms with van der Waals surface area (Å²) < 4.78 is 0. The van der Waals surface area contributed by atoms with Gasteiger partial charge in [0, 0.05) is 22.4 Å². The summed E-state index contributed by atoms with van der Waals surface area (Å²) in [6.45, 7) is 5.61. The van der Waals surface area contributed by atoms with E-state index in [1.807, 2.05) is 51.1 Å². The van der Waals surface area contributed by atoms with Crippen LogP contribution in [0.15, 0.2) is 72.8 Å². The Kier molecular flexibility index (Phi) is 6.03. The van der Waals surface area contributed by atoms with Gasteiger partial charge in [0.05, 0.1) is 17.7 Å². The number of rotatable bonds is 5. The number of imide groups is 1. The van der Waals surface area contributed by atoms with Crippen molar-refractivity contribution in [1.82, 2.24) is 4.90 Å². The molecule has 1 aliphatic heterocycles. The lowest BCUT2D eigenvalue weighted by Gasteiger charge is -2.18. The lowest BCUT2D eigenvalue weighted by atomic mass is 9.95. The molecule has 2 N–H and O–H groups in total. The third-order valence-corrected chi connectivity index (χ3v) is 5.48. The number of hydrogen-bond acceptors (Lipinski definition) is 4. The van der Waals surface area contributed by atoms with Crippen molar-refractivity contribution in [2.45, 2.75) is 27.3 Å². The van der Waals surface area contributed by atoms with Gasteiger partial charge in [-0.2, -0.15) is 0 Å². The van der Waals surface area contributed by atoms with E-state index in [4.69, 9.17) is 0 Å². The van der Waals surface area contributed by atoms with E-state index in [2.05, 4.69) is 10.6 Å². The molecule has 172 valence electrons. The van der Waals surface area contributed by atoms with Gasteiger partial charge in [0.25, 0.3) is 17.7 Å². The highest BCUT2D eigenvalue weighted by atomic mass is 16.2. The number of nitrogens with zero attached hydrogens (tertiary/aromatic N) is 1. The first kappa shape index (κ1) is 22.9. The monoisotopic (exact) mass is 455 g/mol. The predicted octanol–water partition coefficient (Wildman–Crippen LogP) is 4.72. The summed E-state index contributed by atoms with van der Waals surface area (Å²) in [4.78, 5) is 51.9. The van der Waals surface area contributed by atoms with Crippen LogP contribution < -0.4 is 10.6 Å². The molecule has 0 aromatic heterocycles. The third kappa shape index (κ3) is 4.73. The SMILES string of the molecule is CC(C)(C)C(=O)Nc1cccc(NC(=O)c2ccc3c(c2)C(=O)N(Cc2ccccc2)C3=O)c1. The van der Waals surface area contributed by atoms with Gasteiger partial charge in [-0.25, -0.2) is 0 Å². The summed E-state index contributed by atoms with van der Waals surface area (Å²) in [5.41, 5.74) is 2.08. The Hall–Kier alpha value is -4.26. The summed E-state index contributed by atoms with van der Waals surface area (Å²) in [6.07, 6.45) is 0. The summed E-state index contributed by atoms with van der Waals surface area (Å²) >= 11 is 0. The van der Waals surface area contributed by atoms with Gasteiger partial charge in [0.1, 0.15) is 0 Å². The average molecular weight is 456 g/mol. The van der Waals surface area contributed by atoms with Crippen molar-refractivity contribution in [2.75, 3.05) is 10.6 Å². The standard InChI is InChI=1S/C27H25N3O4/c1-27(2,3)26(34)29-20-11-7-10-19(15-20)28-23(31)18-12-13-21-22(14-18)25(33)30(24(21)32)16-17-8-5-4-6-9-17/h4-15H,16H2,1-3H3,(H,28,31)(H,29,34). The normalized spacial score (nSPS) is 13.0. The molecule has 1 heterocycles. The number of carbonyl (C=O) groups excluding carboxylic acids is 4. The summed E-state index contributed by atoms with van der Waals surface area (Å²) in [7, 11) is 0. The number of nitrogens with one attached hydrogen (secondary N) is 2. The largest absolute Gasteiger partial charge is 0.326 e. The lowest BCUT2D eigenvalue weighted by Crippen LogP contribution is -2.29. The highest BCUT2D eigenvalue weighted by Crippen LogP contribution is 2.26. The van der Waals surface area contributed by atoms with Crippen LogP contribution >= 0.6 is 0 Å². The number of anilines is 2. The molecule has 4 amide bonds. The fourth-order valence-electron chi connectivity index (χ4n) is 3.54. The highest BCUT2D eigenvalue weighted by Gasteiger charge is 2.36. The molecular formula is C27H25N3O4. The smallest absolute Gasteiger partial charge is 0.261 e. The molecular weight excluding hydrogens is 430 g/mol. The van der Waals surface area contributed by atoms with Crippen molar-refractivity contribution in [2.24, 2.45) is 5.41 Å². The molecule has 0 fully saturated rings. The first-order chi connectivity index (χ1) is 16.1. The molecule has 7 heteroatoms. The molecule has 7 nitrogen and oxygen atoms in total. The molecule has 0 bridgehead atoms. The minimum Gasteiger partial charge on any atom is -0.326 e. The maximum atomic E-state index is 12.9. The zero-order chi connectivity index (χ0) is 24.5. The van der Waals surface area contributed by atoms with Crippen molar-refractivity contribution in [3.8, 4) is 0 Å². The van der Waals surface area contributed by atoms with E-state index >= 15 is 0 Å². The van der Waals surface area contributed by atoms with Gasteiger partial charge in [-0.15, -0.1) is 0 Å². The van der Waals surface area contributed by atoms with Gasteiger partial charge in [0.2, 0.25) is 5.91 Å². The van der Waals surface area contributed by atoms with E-state index in [1.54, 1.807) is 24.3 Å². The summed E-state index contributed by atoms with van der Waals surface area (Å²) in [5.74, 6) is -1.37. The van der Waals surface area contributed by atoms with E-state index < -0.39 is 17.2 Å². The Morgan fingerprint density at radius 1 is 0.765 bits per heavy atom. The maximum absolute atomic E-state index is 12.9. The Morgan fingerprint density at radius 3 is 2.09 bits per heavy atom. The Bertz CT molecular complexity index is 1290. The van der Waals surface area contributed by atoms with Crippen LogP contribution in [0.1, 0.15) is 57.4 Å². The van der Waals surface area contributed by atoms with Crippen LogP contribution in [0.25, 0.3) is 0 Å². The minimum absolute atomic E-state index is 0.141. The fourth-order valence-corrected chi connectivity index (χ4v) is 3.54. The topological polar surface area (TPSA) is 95.6 Å². The van der Waals surface area contributed by atoms with Gasteiger partial charge in [-0.3, -0.25) is 24.1 Å². The van der Waals surface area contributed by atoms with Crippen molar-refractivity contribution in [1.29, 1.82) is 0 Å². The number of amides is 4. The zero-order valence-corrected chi connectivity index (χ0v) is 19.2. The molecule has 3 aromatic carbocycles. The molecule has 0 aliphatic carbocycles. The quantitative estimate of drug-likeness (QED) is 0.544. The molecule has 1 aliphatic rings. The number of benzene rings is 3. The first-order valence-electron chi connectivity index (χ1n) is 10.9.